The van der Waals surface area contributed by atoms with Crippen LogP contribution >= 0.6 is 11.6 Å². The van der Waals surface area contributed by atoms with E-state index in [9.17, 15) is 9.00 Å². The third-order valence-corrected chi connectivity index (χ3v) is 5.46. The van der Waals surface area contributed by atoms with Gasteiger partial charge in [0.25, 0.3) is 0 Å². The molecule has 1 aromatic rings. The number of hydrogen-bond acceptors (Lipinski definition) is 4. The summed E-state index contributed by atoms with van der Waals surface area (Å²) in [6.07, 6.45) is 0. The highest BCUT2D eigenvalue weighted by Gasteiger charge is 2.31. The number of carbonyl (C=O) groups is 1. The molecule has 7 heteroatoms. The van der Waals surface area contributed by atoms with Gasteiger partial charge in [-0.05, 0) is 18.7 Å². The molecule has 21 heavy (non-hydrogen) atoms. The lowest BCUT2D eigenvalue weighted by Crippen LogP contribution is -2.37. The number of rotatable bonds is 3. The highest BCUT2D eigenvalue weighted by molar-refractivity contribution is 7.85. The molecule has 1 atom stereocenters. The first kappa shape index (κ1) is 14.8. The van der Waals surface area contributed by atoms with Gasteiger partial charge >= 0.3 is 0 Å². The van der Waals surface area contributed by atoms with Crippen LogP contribution in [0.1, 0.15) is 18.5 Å². The first-order valence-corrected chi connectivity index (χ1v) is 8.94. The van der Waals surface area contributed by atoms with Crippen molar-refractivity contribution in [3.05, 3.63) is 22.7 Å². The van der Waals surface area contributed by atoms with Crippen molar-refractivity contribution in [1.29, 1.82) is 0 Å². The van der Waals surface area contributed by atoms with E-state index in [-0.39, 0.29) is 11.9 Å². The summed E-state index contributed by atoms with van der Waals surface area (Å²) in [6.45, 7) is 4.15. The van der Waals surface area contributed by atoms with Crippen molar-refractivity contribution in [3.8, 4) is 0 Å². The van der Waals surface area contributed by atoms with Crippen LogP contribution in [0.2, 0.25) is 5.02 Å². The van der Waals surface area contributed by atoms with Crippen molar-refractivity contribution in [2.24, 2.45) is 0 Å². The van der Waals surface area contributed by atoms with Gasteiger partial charge in [0.2, 0.25) is 5.91 Å². The lowest BCUT2D eigenvalue weighted by atomic mass is 10.1. The van der Waals surface area contributed by atoms with Crippen LogP contribution < -0.4 is 15.5 Å². The highest BCUT2D eigenvalue weighted by Crippen LogP contribution is 2.39. The number of likely N-dealkylation sites (N-methyl/N-ethyl adjacent to an activating group) is 1. The predicted molar refractivity (Wildman–Crippen MR) is 86.6 cm³/mol. The van der Waals surface area contributed by atoms with Gasteiger partial charge in [0.05, 0.1) is 10.7 Å². The summed E-state index contributed by atoms with van der Waals surface area (Å²) in [5.74, 6) is 1.29. The molecule has 0 aromatic heterocycles. The van der Waals surface area contributed by atoms with Crippen LogP contribution in [0.15, 0.2) is 12.1 Å². The summed E-state index contributed by atoms with van der Waals surface area (Å²) in [5.41, 5.74) is 2.62. The van der Waals surface area contributed by atoms with E-state index < -0.39 is 10.8 Å². The zero-order valence-electron chi connectivity index (χ0n) is 11.8. The van der Waals surface area contributed by atoms with E-state index in [2.05, 4.69) is 15.5 Å². The molecule has 114 valence electrons. The monoisotopic (exact) mass is 327 g/mol. The van der Waals surface area contributed by atoms with Crippen LogP contribution in [0.3, 0.4) is 0 Å². The van der Waals surface area contributed by atoms with Crippen LogP contribution in [0.4, 0.5) is 11.4 Å². The molecule has 1 amide bonds. The number of carbonyl (C=O) groups excluding carboxylic acids is 1. The van der Waals surface area contributed by atoms with Crippen molar-refractivity contribution in [2.75, 3.05) is 41.4 Å². The van der Waals surface area contributed by atoms with Gasteiger partial charge in [0.15, 0.2) is 0 Å². The molecular formula is C14H18ClN3O2S. The number of anilines is 2. The van der Waals surface area contributed by atoms with Gasteiger partial charge in [-0.15, -0.1) is 0 Å². The Kier molecular flexibility index (Phi) is 4.19. The molecule has 3 rings (SSSR count). The lowest BCUT2D eigenvalue weighted by Gasteiger charge is -2.29. The fourth-order valence-electron chi connectivity index (χ4n) is 2.80. The number of halogens is 1. The molecule has 0 radical (unpaired) electrons. The molecule has 0 saturated carbocycles. The minimum absolute atomic E-state index is 0.0418. The van der Waals surface area contributed by atoms with E-state index >= 15 is 0 Å². The van der Waals surface area contributed by atoms with Gasteiger partial charge in [-0.1, -0.05) is 18.5 Å². The predicted octanol–water partition coefficient (Wildman–Crippen LogP) is 1.51. The SMILES string of the molecule is CCNC1C(=O)Nc2cc(N3CCS(=O)CC3)c(Cl)cc21. The summed E-state index contributed by atoms with van der Waals surface area (Å²) < 4.78 is 11.5. The molecule has 2 N–H and O–H groups in total. The molecule has 1 saturated heterocycles. The van der Waals surface area contributed by atoms with E-state index in [1.165, 1.54) is 0 Å². The first-order valence-electron chi connectivity index (χ1n) is 7.07. The molecule has 2 aliphatic heterocycles. The van der Waals surface area contributed by atoms with Crippen molar-refractivity contribution in [3.63, 3.8) is 0 Å². The van der Waals surface area contributed by atoms with Crippen molar-refractivity contribution in [1.82, 2.24) is 5.32 Å². The quantitative estimate of drug-likeness (QED) is 0.883. The first-order chi connectivity index (χ1) is 10.1. The van der Waals surface area contributed by atoms with Crippen molar-refractivity contribution < 1.29 is 9.00 Å². The second-order valence-corrected chi connectivity index (χ2v) is 7.31. The Morgan fingerprint density at radius 3 is 2.81 bits per heavy atom. The highest BCUT2D eigenvalue weighted by atomic mass is 35.5. The van der Waals surface area contributed by atoms with Crippen LogP contribution in [0.5, 0.6) is 0 Å². The summed E-state index contributed by atoms with van der Waals surface area (Å²) >= 11 is 6.41. The summed E-state index contributed by atoms with van der Waals surface area (Å²) in [4.78, 5) is 14.1. The molecule has 0 aliphatic carbocycles. The zero-order valence-corrected chi connectivity index (χ0v) is 13.4. The van der Waals surface area contributed by atoms with Gasteiger partial charge < -0.3 is 15.5 Å². The molecule has 2 aliphatic rings. The Bertz CT molecular complexity index is 598. The summed E-state index contributed by atoms with van der Waals surface area (Å²) in [6, 6.07) is 3.47. The van der Waals surface area contributed by atoms with Crippen LogP contribution in [-0.4, -0.2) is 41.3 Å². The van der Waals surface area contributed by atoms with E-state index in [0.29, 0.717) is 16.5 Å². The van der Waals surface area contributed by atoms with Gasteiger partial charge in [0, 0.05) is 46.6 Å². The van der Waals surface area contributed by atoms with Crippen molar-refractivity contribution >= 4 is 39.7 Å². The van der Waals surface area contributed by atoms with Crippen LogP contribution in [0.25, 0.3) is 0 Å². The van der Waals surface area contributed by atoms with E-state index in [0.717, 1.165) is 36.6 Å². The topological polar surface area (TPSA) is 61.4 Å². The largest absolute Gasteiger partial charge is 0.368 e. The number of nitrogens with zero attached hydrogens (tertiary/aromatic N) is 1. The number of amides is 1. The zero-order chi connectivity index (χ0) is 15.0. The average Bonchev–Trinajstić information content (AvgIpc) is 2.76. The Morgan fingerprint density at radius 2 is 2.14 bits per heavy atom. The molecule has 1 unspecified atom stereocenters. The van der Waals surface area contributed by atoms with E-state index in [1.807, 2.05) is 19.1 Å². The second kappa shape index (κ2) is 5.94. The molecule has 0 bridgehead atoms. The van der Waals surface area contributed by atoms with Gasteiger partial charge in [0.1, 0.15) is 6.04 Å². The maximum Gasteiger partial charge on any atom is 0.246 e. The molecule has 1 aromatic carbocycles. The Labute approximate surface area is 131 Å². The van der Waals surface area contributed by atoms with E-state index in [4.69, 9.17) is 11.6 Å². The smallest absolute Gasteiger partial charge is 0.246 e. The van der Waals surface area contributed by atoms with Gasteiger partial charge in [-0.3, -0.25) is 9.00 Å². The van der Waals surface area contributed by atoms with Crippen molar-refractivity contribution in [2.45, 2.75) is 13.0 Å². The van der Waals surface area contributed by atoms with Gasteiger partial charge in [-0.2, -0.15) is 0 Å². The molecule has 1 fully saturated rings. The summed E-state index contributed by atoms with van der Waals surface area (Å²) in [5, 5.41) is 6.70. The minimum Gasteiger partial charge on any atom is -0.368 e. The Hall–Kier alpha value is -1.11. The maximum absolute atomic E-state index is 12.0. The van der Waals surface area contributed by atoms with Crippen LogP contribution in [-0.2, 0) is 15.6 Å². The lowest BCUT2D eigenvalue weighted by molar-refractivity contribution is -0.117. The number of benzene rings is 1. The molecular weight excluding hydrogens is 310 g/mol. The molecule has 2 heterocycles. The fraction of sp³-hybridized carbons (Fsp3) is 0.500. The van der Waals surface area contributed by atoms with Crippen LogP contribution in [0, 0.1) is 0 Å². The fourth-order valence-corrected chi connectivity index (χ4v) is 4.14. The third kappa shape index (κ3) is 2.80. The standard InChI is InChI=1S/C14H18ClN3O2S/c1-2-16-13-9-7-10(15)12(8-11(9)17-14(13)19)18-3-5-21(20)6-4-18/h7-8,13,16H,2-6H2,1H3,(H,17,19). The Balaban J connectivity index is 1.90. The number of fused-ring (bicyclic) bond motifs is 1. The minimum atomic E-state index is -0.719. The van der Waals surface area contributed by atoms with E-state index in [1.54, 1.807) is 0 Å². The molecule has 5 nitrogen and oxygen atoms in total. The number of nitrogens with one attached hydrogen (secondary N) is 2. The average molecular weight is 328 g/mol. The third-order valence-electron chi connectivity index (χ3n) is 3.88. The molecule has 0 spiro atoms. The normalized spacial score (nSPS) is 22.3. The number of hydrogen-bond donors (Lipinski definition) is 2. The summed E-state index contributed by atoms with van der Waals surface area (Å²) in [7, 11) is -0.719. The Morgan fingerprint density at radius 1 is 1.43 bits per heavy atom. The second-order valence-electron chi connectivity index (χ2n) is 5.21. The van der Waals surface area contributed by atoms with Gasteiger partial charge in [-0.25, -0.2) is 0 Å². The maximum atomic E-state index is 12.0.